The van der Waals surface area contributed by atoms with Crippen LogP contribution in [-0.4, -0.2) is 13.9 Å². The summed E-state index contributed by atoms with van der Waals surface area (Å²) in [5.41, 5.74) is -4.77. The summed E-state index contributed by atoms with van der Waals surface area (Å²) in [6.07, 6.45) is 0. The fourth-order valence-electron chi connectivity index (χ4n) is 0.916. The fraction of sp³-hybridized carbons (Fsp3) is 0.400. The highest BCUT2D eigenvalue weighted by molar-refractivity contribution is 7.92. The van der Waals surface area contributed by atoms with E-state index in [0.717, 1.165) is 12.1 Å². The van der Waals surface area contributed by atoms with Gasteiger partial charge < -0.3 is 0 Å². The lowest BCUT2D eigenvalue weighted by atomic mass is 10.2. The summed E-state index contributed by atoms with van der Waals surface area (Å²) in [6.45, 7) is 5.52. The van der Waals surface area contributed by atoms with Crippen molar-refractivity contribution in [1.29, 1.82) is 0 Å². The van der Waals surface area contributed by atoms with Crippen LogP contribution in [0.5, 0.6) is 0 Å². The molecular formula is C10H13F3O2S. The Morgan fingerprint density at radius 2 is 1.62 bits per heavy atom. The van der Waals surface area contributed by atoms with Gasteiger partial charge in [-0.1, -0.05) is 26.0 Å². The molecule has 0 unspecified atom stereocenters. The van der Waals surface area contributed by atoms with Crippen LogP contribution in [0.1, 0.15) is 19.4 Å². The van der Waals surface area contributed by atoms with Crippen molar-refractivity contribution >= 4 is 9.84 Å². The van der Waals surface area contributed by atoms with E-state index in [0.29, 0.717) is 5.56 Å². The van der Waals surface area contributed by atoms with Crippen molar-refractivity contribution in [3.05, 3.63) is 29.8 Å². The Balaban J connectivity index is 0.00000106. The van der Waals surface area contributed by atoms with Crippen LogP contribution in [0.3, 0.4) is 0 Å². The summed E-state index contributed by atoms with van der Waals surface area (Å²) in [4.78, 5) is -0.718. The minimum atomic E-state index is -5.24. The highest BCUT2D eigenvalue weighted by atomic mass is 32.2. The van der Waals surface area contributed by atoms with E-state index in [1.807, 2.05) is 13.8 Å². The number of sulfone groups is 1. The Bertz CT molecular complexity index is 436. The molecule has 0 radical (unpaired) electrons. The van der Waals surface area contributed by atoms with Gasteiger partial charge >= 0.3 is 5.51 Å². The van der Waals surface area contributed by atoms with E-state index in [-0.39, 0.29) is 0 Å². The van der Waals surface area contributed by atoms with Crippen LogP contribution < -0.4 is 0 Å². The van der Waals surface area contributed by atoms with Crippen LogP contribution in [0.2, 0.25) is 0 Å². The van der Waals surface area contributed by atoms with Crippen molar-refractivity contribution in [2.75, 3.05) is 0 Å². The fourth-order valence-corrected chi connectivity index (χ4v) is 1.78. The van der Waals surface area contributed by atoms with Crippen LogP contribution in [0.15, 0.2) is 29.2 Å². The van der Waals surface area contributed by atoms with E-state index in [4.69, 9.17) is 0 Å². The largest absolute Gasteiger partial charge is 0.501 e. The maximum absolute atomic E-state index is 12.1. The first-order chi connectivity index (χ1) is 7.25. The zero-order valence-corrected chi connectivity index (χ0v) is 9.98. The predicted molar refractivity (Wildman–Crippen MR) is 55.8 cm³/mol. The molecular weight excluding hydrogens is 241 g/mol. The molecule has 0 amide bonds. The number of hydrogen-bond acceptors (Lipinski definition) is 2. The van der Waals surface area contributed by atoms with Gasteiger partial charge in [0.15, 0.2) is 0 Å². The van der Waals surface area contributed by atoms with Crippen molar-refractivity contribution in [2.45, 2.75) is 31.2 Å². The lowest BCUT2D eigenvalue weighted by Crippen LogP contribution is -2.23. The Morgan fingerprint density at radius 3 is 2.00 bits per heavy atom. The molecule has 1 aromatic rings. The van der Waals surface area contributed by atoms with Crippen molar-refractivity contribution in [1.82, 2.24) is 0 Å². The van der Waals surface area contributed by atoms with Gasteiger partial charge in [-0.25, -0.2) is 8.42 Å². The van der Waals surface area contributed by atoms with Gasteiger partial charge in [0.1, 0.15) is 0 Å². The van der Waals surface area contributed by atoms with E-state index in [1.54, 1.807) is 0 Å². The number of hydrogen-bond donors (Lipinski definition) is 0. The van der Waals surface area contributed by atoms with Gasteiger partial charge in [-0.2, -0.15) is 13.2 Å². The summed E-state index contributed by atoms with van der Waals surface area (Å²) < 4.78 is 58.0. The highest BCUT2D eigenvalue weighted by Gasteiger charge is 2.46. The zero-order valence-electron chi connectivity index (χ0n) is 9.17. The second-order valence-electron chi connectivity index (χ2n) is 2.77. The Labute approximate surface area is 93.0 Å². The van der Waals surface area contributed by atoms with Crippen molar-refractivity contribution in [3.8, 4) is 0 Å². The monoisotopic (exact) mass is 254 g/mol. The Kier molecular flexibility index (Phi) is 4.99. The molecule has 0 saturated heterocycles. The molecule has 0 N–H and O–H groups in total. The molecule has 0 aliphatic carbocycles. The number of halogens is 3. The van der Waals surface area contributed by atoms with Gasteiger partial charge in [0.2, 0.25) is 0 Å². The third-order valence-electron chi connectivity index (χ3n) is 1.60. The summed E-state index contributed by atoms with van der Waals surface area (Å²) in [5, 5.41) is 0. The summed E-state index contributed by atoms with van der Waals surface area (Å²) >= 11 is 0. The average molecular weight is 254 g/mol. The molecule has 0 aromatic heterocycles. The van der Waals surface area contributed by atoms with E-state index >= 15 is 0 Å². The van der Waals surface area contributed by atoms with Crippen LogP contribution in [-0.2, 0) is 9.84 Å². The molecule has 6 heteroatoms. The molecule has 0 fully saturated rings. The molecule has 0 aliphatic rings. The van der Waals surface area contributed by atoms with E-state index in [2.05, 4.69) is 0 Å². The number of aryl methyl sites for hydroxylation is 1. The normalized spacial score (nSPS) is 11.6. The summed E-state index contributed by atoms with van der Waals surface area (Å²) in [6, 6.07) is 4.71. The second kappa shape index (κ2) is 5.34. The molecule has 0 heterocycles. The Hall–Kier alpha value is -1.04. The third-order valence-corrected chi connectivity index (χ3v) is 3.09. The molecule has 0 atom stereocenters. The van der Waals surface area contributed by atoms with E-state index in [9.17, 15) is 21.6 Å². The van der Waals surface area contributed by atoms with Gasteiger partial charge in [-0.05, 0) is 24.6 Å². The SMILES string of the molecule is CC.Cc1cccc(S(=O)(=O)C(F)(F)F)c1. The third kappa shape index (κ3) is 3.23. The standard InChI is InChI=1S/C8H7F3O2S.C2H6/c1-6-3-2-4-7(5-6)14(12,13)8(9,10)11;1-2/h2-5H,1H3;1-2H3. The van der Waals surface area contributed by atoms with Gasteiger partial charge in [0, 0.05) is 0 Å². The minimum Gasteiger partial charge on any atom is -0.214 e. The number of rotatable bonds is 1. The van der Waals surface area contributed by atoms with Gasteiger partial charge in [0.05, 0.1) is 4.90 Å². The first-order valence-corrected chi connectivity index (χ1v) is 6.11. The summed E-state index contributed by atoms with van der Waals surface area (Å²) in [5.74, 6) is 0. The van der Waals surface area contributed by atoms with Crippen LogP contribution in [0.25, 0.3) is 0 Å². The second-order valence-corrected chi connectivity index (χ2v) is 4.71. The van der Waals surface area contributed by atoms with Crippen LogP contribution >= 0.6 is 0 Å². The molecule has 0 aliphatic heterocycles. The molecule has 16 heavy (non-hydrogen) atoms. The first-order valence-electron chi connectivity index (χ1n) is 4.63. The topological polar surface area (TPSA) is 34.1 Å². The van der Waals surface area contributed by atoms with E-state index in [1.165, 1.54) is 19.1 Å². The van der Waals surface area contributed by atoms with Gasteiger partial charge in [0.25, 0.3) is 9.84 Å². The number of alkyl halides is 3. The molecule has 0 saturated carbocycles. The number of benzene rings is 1. The smallest absolute Gasteiger partial charge is 0.214 e. The zero-order chi connectivity index (χ0) is 13.0. The molecule has 0 bridgehead atoms. The van der Waals surface area contributed by atoms with Crippen LogP contribution in [0.4, 0.5) is 13.2 Å². The van der Waals surface area contributed by atoms with Crippen molar-refractivity contribution in [3.63, 3.8) is 0 Å². The highest BCUT2D eigenvalue weighted by Crippen LogP contribution is 2.30. The molecule has 1 rings (SSSR count). The van der Waals surface area contributed by atoms with Crippen molar-refractivity contribution in [2.24, 2.45) is 0 Å². The molecule has 1 aromatic carbocycles. The average Bonchev–Trinajstić information content (AvgIpc) is 2.19. The lowest BCUT2D eigenvalue weighted by molar-refractivity contribution is -0.0436. The van der Waals surface area contributed by atoms with Crippen LogP contribution in [0, 0.1) is 6.92 Å². The van der Waals surface area contributed by atoms with E-state index < -0.39 is 20.2 Å². The predicted octanol–water partition coefficient (Wildman–Crippen LogP) is 3.31. The lowest BCUT2D eigenvalue weighted by Gasteiger charge is -2.07. The van der Waals surface area contributed by atoms with Crippen molar-refractivity contribution < 1.29 is 21.6 Å². The Morgan fingerprint density at radius 1 is 1.12 bits per heavy atom. The van der Waals surface area contributed by atoms with Gasteiger partial charge in [-0.3, -0.25) is 0 Å². The molecule has 0 spiro atoms. The molecule has 92 valence electrons. The summed E-state index contributed by atoms with van der Waals surface area (Å²) in [7, 11) is -5.20. The first kappa shape index (κ1) is 15.0. The quantitative estimate of drug-likeness (QED) is 0.770. The maximum Gasteiger partial charge on any atom is 0.501 e. The van der Waals surface area contributed by atoms with Gasteiger partial charge in [-0.15, -0.1) is 0 Å². The molecule has 2 nitrogen and oxygen atoms in total. The minimum absolute atomic E-state index is 0.468. The maximum atomic E-state index is 12.1.